The minimum atomic E-state index is -3.09. The molecule has 6 nitrogen and oxygen atoms in total. The monoisotopic (exact) mass is 352 g/mol. The zero-order chi connectivity index (χ0) is 18.2. The molecule has 1 fully saturated rings. The van der Waals surface area contributed by atoms with Crippen LogP contribution in [0, 0.1) is 5.41 Å². The predicted octanol–water partition coefficient (Wildman–Crippen LogP) is 1.98. The summed E-state index contributed by atoms with van der Waals surface area (Å²) < 4.78 is 23.3. The van der Waals surface area contributed by atoms with E-state index >= 15 is 0 Å². The fourth-order valence-corrected chi connectivity index (χ4v) is 4.61. The molecule has 1 aromatic rings. The number of hydrogen-bond acceptors (Lipinski definition) is 4. The highest BCUT2D eigenvalue weighted by atomic mass is 32.2. The first kappa shape index (κ1) is 18.4. The van der Waals surface area contributed by atoms with E-state index in [1.54, 1.807) is 52.0 Å². The van der Waals surface area contributed by atoms with E-state index in [4.69, 9.17) is 0 Å². The molecule has 2 amide bonds. The Balaban J connectivity index is 2.11. The normalized spacial score (nSPS) is 22.8. The molecule has 1 aliphatic rings. The van der Waals surface area contributed by atoms with Crippen molar-refractivity contribution in [3.63, 3.8) is 0 Å². The molecule has 1 aromatic carbocycles. The fourth-order valence-electron chi connectivity index (χ4n) is 2.51. The van der Waals surface area contributed by atoms with Crippen LogP contribution in [0.1, 0.15) is 44.5 Å². The van der Waals surface area contributed by atoms with Crippen LogP contribution in [-0.2, 0) is 14.6 Å². The number of rotatable bonds is 3. The number of carbonyl (C=O) groups is 2. The van der Waals surface area contributed by atoms with Crippen molar-refractivity contribution in [2.75, 3.05) is 16.8 Å². The van der Waals surface area contributed by atoms with Gasteiger partial charge in [0.25, 0.3) is 5.91 Å². The van der Waals surface area contributed by atoms with Gasteiger partial charge in [-0.3, -0.25) is 9.59 Å². The fraction of sp³-hybridized carbons (Fsp3) is 0.529. The van der Waals surface area contributed by atoms with Crippen molar-refractivity contribution in [1.82, 2.24) is 5.32 Å². The van der Waals surface area contributed by atoms with Crippen LogP contribution < -0.4 is 10.6 Å². The highest BCUT2D eigenvalue weighted by molar-refractivity contribution is 7.91. The van der Waals surface area contributed by atoms with Gasteiger partial charge in [0.05, 0.1) is 17.0 Å². The second-order valence-corrected chi connectivity index (χ2v) is 9.83. The third-order valence-corrected chi connectivity index (χ3v) is 5.89. The van der Waals surface area contributed by atoms with Crippen LogP contribution >= 0.6 is 0 Å². The molecule has 1 unspecified atom stereocenters. The number of benzene rings is 1. The molecule has 0 spiro atoms. The van der Waals surface area contributed by atoms with Gasteiger partial charge < -0.3 is 10.6 Å². The SMILES string of the molecule is CC1(NC(=O)c2cccc(NC(=O)C(C)(C)C)c2)CCS(=O)(=O)C1. The minimum absolute atomic E-state index is 0.0494. The molecule has 1 heterocycles. The van der Waals surface area contributed by atoms with Crippen LogP contribution in [-0.4, -0.2) is 37.3 Å². The van der Waals surface area contributed by atoms with Crippen LogP contribution in [0.25, 0.3) is 0 Å². The van der Waals surface area contributed by atoms with Crippen molar-refractivity contribution in [3.8, 4) is 0 Å². The van der Waals surface area contributed by atoms with Gasteiger partial charge in [-0.15, -0.1) is 0 Å². The second kappa shape index (κ2) is 6.20. The molecule has 0 saturated carbocycles. The smallest absolute Gasteiger partial charge is 0.251 e. The predicted molar refractivity (Wildman–Crippen MR) is 93.7 cm³/mol. The Labute approximate surface area is 142 Å². The maximum atomic E-state index is 12.4. The first-order valence-corrected chi connectivity index (χ1v) is 9.67. The van der Waals surface area contributed by atoms with E-state index in [0.717, 1.165) is 0 Å². The Hall–Kier alpha value is -1.89. The van der Waals surface area contributed by atoms with Gasteiger partial charge >= 0.3 is 0 Å². The highest BCUT2D eigenvalue weighted by Crippen LogP contribution is 2.24. The maximum absolute atomic E-state index is 12.4. The van der Waals surface area contributed by atoms with Gasteiger partial charge in [-0.05, 0) is 31.5 Å². The molecule has 1 atom stereocenters. The second-order valence-electron chi connectivity index (χ2n) is 7.64. The van der Waals surface area contributed by atoms with Crippen molar-refractivity contribution in [1.29, 1.82) is 0 Å². The summed E-state index contributed by atoms with van der Waals surface area (Å²) in [6, 6.07) is 6.61. The van der Waals surface area contributed by atoms with Gasteiger partial charge in [0.1, 0.15) is 0 Å². The maximum Gasteiger partial charge on any atom is 0.251 e. The first-order valence-electron chi connectivity index (χ1n) is 7.85. The molecule has 2 rings (SSSR count). The van der Waals surface area contributed by atoms with Gasteiger partial charge in [0.2, 0.25) is 5.91 Å². The third kappa shape index (κ3) is 4.56. The largest absolute Gasteiger partial charge is 0.346 e. The molecule has 0 radical (unpaired) electrons. The van der Waals surface area contributed by atoms with Gasteiger partial charge in [-0.1, -0.05) is 26.8 Å². The topological polar surface area (TPSA) is 92.3 Å². The number of nitrogens with one attached hydrogen (secondary N) is 2. The van der Waals surface area contributed by atoms with Crippen molar-refractivity contribution in [2.45, 2.75) is 39.7 Å². The quantitative estimate of drug-likeness (QED) is 0.870. The highest BCUT2D eigenvalue weighted by Gasteiger charge is 2.39. The Bertz CT molecular complexity index is 765. The first-order chi connectivity index (χ1) is 10.9. The van der Waals surface area contributed by atoms with E-state index in [2.05, 4.69) is 10.6 Å². The van der Waals surface area contributed by atoms with Crippen LogP contribution in [0.3, 0.4) is 0 Å². The lowest BCUT2D eigenvalue weighted by Crippen LogP contribution is -2.46. The number of hydrogen-bond donors (Lipinski definition) is 2. The summed E-state index contributed by atoms with van der Waals surface area (Å²) in [6.07, 6.45) is 0.404. The van der Waals surface area contributed by atoms with Crippen molar-refractivity contribution in [3.05, 3.63) is 29.8 Å². The van der Waals surface area contributed by atoms with Crippen molar-refractivity contribution in [2.24, 2.45) is 5.41 Å². The van der Waals surface area contributed by atoms with E-state index in [1.807, 2.05) is 0 Å². The summed E-state index contributed by atoms with van der Waals surface area (Å²) in [7, 11) is -3.09. The summed E-state index contributed by atoms with van der Waals surface area (Å²) in [5, 5.41) is 5.59. The molecular formula is C17H24N2O4S. The Kier molecular flexibility index (Phi) is 4.77. The number of carbonyl (C=O) groups excluding carboxylic acids is 2. The zero-order valence-corrected chi connectivity index (χ0v) is 15.3. The van der Waals surface area contributed by atoms with Crippen LogP contribution in [0.15, 0.2) is 24.3 Å². The van der Waals surface area contributed by atoms with E-state index in [1.165, 1.54) is 0 Å². The average Bonchev–Trinajstić information content (AvgIpc) is 2.71. The van der Waals surface area contributed by atoms with Crippen LogP contribution in [0.2, 0.25) is 0 Å². The van der Waals surface area contributed by atoms with Crippen molar-refractivity contribution < 1.29 is 18.0 Å². The van der Waals surface area contributed by atoms with E-state index in [0.29, 0.717) is 17.7 Å². The van der Waals surface area contributed by atoms with Crippen molar-refractivity contribution >= 4 is 27.3 Å². The lowest BCUT2D eigenvalue weighted by Gasteiger charge is -2.24. The summed E-state index contributed by atoms with van der Waals surface area (Å²) >= 11 is 0. The standard InChI is InChI=1S/C17H24N2O4S/c1-16(2,3)15(21)18-13-7-5-6-12(10-13)14(20)19-17(4)8-9-24(22,23)11-17/h5-7,10H,8-9,11H2,1-4H3,(H,18,21)(H,19,20). The Morgan fingerprint density at radius 3 is 2.42 bits per heavy atom. The van der Waals surface area contributed by atoms with Crippen LogP contribution in [0.4, 0.5) is 5.69 Å². The van der Waals surface area contributed by atoms with Gasteiger partial charge in [0.15, 0.2) is 9.84 Å². The molecular weight excluding hydrogens is 328 g/mol. The van der Waals surface area contributed by atoms with Gasteiger partial charge in [0, 0.05) is 16.7 Å². The van der Waals surface area contributed by atoms with E-state index in [9.17, 15) is 18.0 Å². The van der Waals surface area contributed by atoms with Gasteiger partial charge in [-0.2, -0.15) is 0 Å². The molecule has 0 bridgehead atoms. The summed E-state index contributed by atoms with van der Waals surface area (Å²) in [6.45, 7) is 7.15. The molecule has 0 aliphatic carbocycles. The summed E-state index contributed by atoms with van der Waals surface area (Å²) in [5.41, 5.74) is -0.371. The zero-order valence-electron chi connectivity index (χ0n) is 14.5. The lowest BCUT2D eigenvalue weighted by molar-refractivity contribution is -0.123. The third-order valence-electron chi connectivity index (χ3n) is 3.98. The van der Waals surface area contributed by atoms with E-state index in [-0.39, 0.29) is 23.3 Å². The van der Waals surface area contributed by atoms with E-state index < -0.39 is 20.8 Å². The number of amides is 2. The minimum Gasteiger partial charge on any atom is -0.346 e. The molecule has 2 N–H and O–H groups in total. The summed E-state index contributed by atoms with van der Waals surface area (Å²) in [4.78, 5) is 24.5. The van der Waals surface area contributed by atoms with Gasteiger partial charge in [-0.25, -0.2) is 8.42 Å². The Morgan fingerprint density at radius 1 is 1.21 bits per heavy atom. The number of sulfone groups is 1. The molecule has 24 heavy (non-hydrogen) atoms. The molecule has 7 heteroatoms. The van der Waals surface area contributed by atoms with Crippen LogP contribution in [0.5, 0.6) is 0 Å². The molecule has 1 aliphatic heterocycles. The molecule has 0 aromatic heterocycles. The lowest BCUT2D eigenvalue weighted by atomic mass is 9.95. The Morgan fingerprint density at radius 2 is 1.88 bits per heavy atom. The average molecular weight is 352 g/mol. The molecule has 132 valence electrons. The molecule has 1 saturated heterocycles. The number of anilines is 1. The summed E-state index contributed by atoms with van der Waals surface area (Å²) in [5.74, 6) is -0.451.